The molecule has 0 atom stereocenters. The summed E-state index contributed by atoms with van der Waals surface area (Å²) in [5.41, 5.74) is 1.23. The number of benzene rings is 1. The zero-order chi connectivity index (χ0) is 12.3. The number of ether oxygens (including phenoxy) is 1. The minimum Gasteiger partial charge on any atom is -0.491 e. The van der Waals surface area contributed by atoms with Crippen LogP contribution in [0.25, 0.3) is 0 Å². The van der Waals surface area contributed by atoms with E-state index < -0.39 is 0 Å². The van der Waals surface area contributed by atoms with Crippen LogP contribution in [0.5, 0.6) is 5.75 Å². The van der Waals surface area contributed by atoms with Crippen LogP contribution in [0.4, 0.5) is 0 Å². The summed E-state index contributed by atoms with van der Waals surface area (Å²) in [5.74, 6) is 0.924. The van der Waals surface area contributed by atoms with Crippen LogP contribution in [0.15, 0.2) is 24.3 Å². The van der Waals surface area contributed by atoms with Gasteiger partial charge in [0.1, 0.15) is 5.75 Å². The molecule has 1 saturated carbocycles. The van der Waals surface area contributed by atoms with Gasteiger partial charge in [0.05, 0.1) is 12.2 Å². The number of nitrogens with one attached hydrogen (secondary N) is 1. The fourth-order valence-corrected chi connectivity index (χ4v) is 2.02. The van der Waals surface area contributed by atoms with E-state index in [1.54, 1.807) is 0 Å². The molecule has 1 aromatic rings. The highest BCUT2D eigenvalue weighted by molar-refractivity contribution is 5.28. The van der Waals surface area contributed by atoms with Crippen molar-refractivity contribution in [3.63, 3.8) is 0 Å². The topological polar surface area (TPSA) is 41.5 Å². The fraction of sp³-hybridized carbons (Fsp3) is 0.571. The van der Waals surface area contributed by atoms with Crippen LogP contribution in [0, 0.1) is 0 Å². The quantitative estimate of drug-likeness (QED) is 0.821. The molecule has 3 nitrogen and oxygen atoms in total. The zero-order valence-electron chi connectivity index (χ0n) is 10.5. The van der Waals surface area contributed by atoms with E-state index in [0.29, 0.717) is 6.04 Å². The van der Waals surface area contributed by atoms with Crippen molar-refractivity contribution in [2.24, 2.45) is 0 Å². The van der Waals surface area contributed by atoms with Gasteiger partial charge in [-0.2, -0.15) is 0 Å². The van der Waals surface area contributed by atoms with E-state index in [1.807, 2.05) is 26.0 Å². The summed E-state index contributed by atoms with van der Waals surface area (Å²) in [6.07, 6.45) is 1.87. The molecule has 0 radical (unpaired) electrons. The molecule has 17 heavy (non-hydrogen) atoms. The summed E-state index contributed by atoms with van der Waals surface area (Å²) in [7, 11) is 0. The summed E-state index contributed by atoms with van der Waals surface area (Å²) in [6.45, 7) is 4.90. The standard InChI is InChI=1S/C14H21NO2/c1-10(2)17-14-5-3-4-11(6-14)9-15-12-7-13(16)8-12/h3-6,10,12-13,15-16H,7-9H2,1-2H3. The summed E-state index contributed by atoms with van der Waals surface area (Å²) in [6, 6.07) is 8.64. The summed E-state index contributed by atoms with van der Waals surface area (Å²) < 4.78 is 5.65. The first-order valence-corrected chi connectivity index (χ1v) is 6.30. The van der Waals surface area contributed by atoms with E-state index in [9.17, 15) is 5.11 Å². The zero-order valence-corrected chi connectivity index (χ0v) is 10.5. The molecule has 1 aliphatic carbocycles. The Balaban J connectivity index is 1.83. The smallest absolute Gasteiger partial charge is 0.120 e. The highest BCUT2D eigenvalue weighted by Gasteiger charge is 2.26. The number of aliphatic hydroxyl groups is 1. The van der Waals surface area contributed by atoms with Crippen molar-refractivity contribution >= 4 is 0 Å². The Kier molecular flexibility index (Phi) is 4.02. The molecule has 0 heterocycles. The second-order valence-corrected chi connectivity index (χ2v) is 5.02. The molecule has 3 heteroatoms. The highest BCUT2D eigenvalue weighted by Crippen LogP contribution is 2.20. The van der Waals surface area contributed by atoms with Crippen molar-refractivity contribution in [1.82, 2.24) is 5.32 Å². The lowest BCUT2D eigenvalue weighted by Crippen LogP contribution is -2.43. The third kappa shape index (κ3) is 3.72. The number of hydrogen-bond donors (Lipinski definition) is 2. The molecule has 2 N–H and O–H groups in total. The van der Waals surface area contributed by atoms with Gasteiger partial charge in [-0.25, -0.2) is 0 Å². The van der Waals surface area contributed by atoms with E-state index in [2.05, 4.69) is 17.4 Å². The van der Waals surface area contributed by atoms with E-state index in [4.69, 9.17) is 4.74 Å². The number of aliphatic hydroxyl groups excluding tert-OH is 1. The van der Waals surface area contributed by atoms with E-state index >= 15 is 0 Å². The Morgan fingerprint density at radius 3 is 2.82 bits per heavy atom. The van der Waals surface area contributed by atoms with Gasteiger partial charge in [-0.15, -0.1) is 0 Å². The Morgan fingerprint density at radius 1 is 1.41 bits per heavy atom. The Bertz CT molecular complexity index is 359. The number of hydrogen-bond acceptors (Lipinski definition) is 3. The van der Waals surface area contributed by atoms with E-state index in [-0.39, 0.29) is 12.2 Å². The molecule has 0 spiro atoms. The maximum atomic E-state index is 9.20. The van der Waals surface area contributed by atoms with Gasteiger partial charge in [0.2, 0.25) is 0 Å². The SMILES string of the molecule is CC(C)Oc1cccc(CNC2CC(O)C2)c1. The van der Waals surface area contributed by atoms with Gasteiger partial charge < -0.3 is 15.2 Å². The third-order valence-corrected chi connectivity index (χ3v) is 2.98. The summed E-state index contributed by atoms with van der Waals surface area (Å²) >= 11 is 0. The van der Waals surface area contributed by atoms with Gasteiger partial charge in [0.15, 0.2) is 0 Å². The van der Waals surface area contributed by atoms with Crippen LogP contribution < -0.4 is 10.1 Å². The normalized spacial score (nSPS) is 23.5. The van der Waals surface area contributed by atoms with E-state index in [0.717, 1.165) is 25.1 Å². The predicted octanol–water partition coefficient (Wildman–Crippen LogP) is 2.09. The molecule has 0 amide bonds. The summed E-state index contributed by atoms with van der Waals surface area (Å²) in [5, 5.41) is 12.6. The average molecular weight is 235 g/mol. The second kappa shape index (κ2) is 5.52. The largest absolute Gasteiger partial charge is 0.491 e. The molecule has 0 aliphatic heterocycles. The van der Waals surface area contributed by atoms with Gasteiger partial charge in [0, 0.05) is 12.6 Å². The first-order chi connectivity index (χ1) is 8.13. The van der Waals surface area contributed by atoms with Gasteiger partial charge in [-0.1, -0.05) is 12.1 Å². The first kappa shape index (κ1) is 12.4. The number of rotatable bonds is 5. The predicted molar refractivity (Wildman–Crippen MR) is 68.1 cm³/mol. The van der Waals surface area contributed by atoms with Crippen LogP contribution in [-0.4, -0.2) is 23.4 Å². The van der Waals surface area contributed by atoms with Gasteiger partial charge >= 0.3 is 0 Å². The second-order valence-electron chi connectivity index (χ2n) is 5.02. The van der Waals surface area contributed by atoms with Gasteiger partial charge in [-0.3, -0.25) is 0 Å². The Morgan fingerprint density at radius 2 is 2.18 bits per heavy atom. The lowest BCUT2D eigenvalue weighted by molar-refractivity contribution is 0.0619. The molecule has 2 rings (SSSR count). The molecule has 1 fully saturated rings. The Hall–Kier alpha value is -1.06. The lowest BCUT2D eigenvalue weighted by atomic mass is 9.89. The van der Waals surface area contributed by atoms with Crippen molar-refractivity contribution in [3.8, 4) is 5.75 Å². The van der Waals surface area contributed by atoms with Crippen molar-refractivity contribution in [1.29, 1.82) is 0 Å². The van der Waals surface area contributed by atoms with Crippen LogP contribution in [0.1, 0.15) is 32.3 Å². The first-order valence-electron chi connectivity index (χ1n) is 6.30. The van der Waals surface area contributed by atoms with Gasteiger partial charge in [-0.05, 0) is 44.4 Å². The molecule has 1 aromatic carbocycles. The minimum atomic E-state index is -0.0943. The van der Waals surface area contributed by atoms with Crippen molar-refractivity contribution in [2.75, 3.05) is 0 Å². The molecule has 0 unspecified atom stereocenters. The van der Waals surface area contributed by atoms with Crippen molar-refractivity contribution in [2.45, 2.75) is 51.5 Å². The molecule has 94 valence electrons. The molecular weight excluding hydrogens is 214 g/mol. The van der Waals surface area contributed by atoms with Gasteiger partial charge in [0.25, 0.3) is 0 Å². The maximum Gasteiger partial charge on any atom is 0.120 e. The highest BCUT2D eigenvalue weighted by atomic mass is 16.5. The van der Waals surface area contributed by atoms with Crippen LogP contribution in [0.2, 0.25) is 0 Å². The third-order valence-electron chi connectivity index (χ3n) is 2.98. The molecule has 0 saturated heterocycles. The van der Waals surface area contributed by atoms with Crippen LogP contribution in [-0.2, 0) is 6.54 Å². The maximum absolute atomic E-state index is 9.20. The minimum absolute atomic E-state index is 0.0943. The van der Waals surface area contributed by atoms with Crippen LogP contribution in [0.3, 0.4) is 0 Å². The lowest BCUT2D eigenvalue weighted by Gasteiger charge is -2.32. The monoisotopic (exact) mass is 235 g/mol. The summed E-state index contributed by atoms with van der Waals surface area (Å²) in [4.78, 5) is 0. The average Bonchev–Trinajstić information content (AvgIpc) is 2.22. The molecule has 0 bridgehead atoms. The molecule has 1 aliphatic rings. The van der Waals surface area contributed by atoms with Crippen molar-refractivity contribution < 1.29 is 9.84 Å². The van der Waals surface area contributed by atoms with Crippen molar-refractivity contribution in [3.05, 3.63) is 29.8 Å². The fourth-order valence-electron chi connectivity index (χ4n) is 2.02. The molecular formula is C14H21NO2. The molecule has 0 aromatic heterocycles. The van der Waals surface area contributed by atoms with Crippen LogP contribution >= 0.6 is 0 Å². The van der Waals surface area contributed by atoms with E-state index in [1.165, 1.54) is 5.56 Å². The Labute approximate surface area is 103 Å².